The minimum atomic E-state index is -0.907. The van der Waals surface area contributed by atoms with E-state index in [-0.39, 0.29) is 17.9 Å². The number of nitrogens with zero attached hydrogens (tertiary/aromatic N) is 2. The Bertz CT molecular complexity index is 1330. The average Bonchev–Trinajstić information content (AvgIpc) is 3.27. The molecule has 4 amide bonds. The van der Waals surface area contributed by atoms with Crippen molar-refractivity contribution in [3.05, 3.63) is 48.0 Å². The normalized spacial score (nSPS) is 23.7. The van der Waals surface area contributed by atoms with E-state index in [0.29, 0.717) is 24.4 Å². The summed E-state index contributed by atoms with van der Waals surface area (Å²) in [5, 5.41) is 6.64. The molecule has 182 valence electrons. The molecule has 3 aromatic rings. The van der Waals surface area contributed by atoms with Crippen molar-refractivity contribution in [2.24, 2.45) is 11.3 Å². The lowest BCUT2D eigenvalue weighted by Crippen LogP contribution is -2.54. The van der Waals surface area contributed by atoms with Gasteiger partial charge in [-0.15, -0.1) is 11.3 Å². The molecule has 1 saturated heterocycles. The number of urea groups is 1. The zero-order chi connectivity index (χ0) is 25.0. The van der Waals surface area contributed by atoms with Gasteiger partial charge < -0.3 is 10.6 Å². The number of hydrogen-bond acceptors (Lipinski definition) is 5. The Morgan fingerprint density at radius 1 is 1.17 bits per heavy atom. The molecular weight excluding hydrogens is 460 g/mol. The third kappa shape index (κ3) is 4.55. The Morgan fingerprint density at radius 2 is 1.91 bits per heavy atom. The number of rotatable bonds is 4. The molecule has 2 atom stereocenters. The Labute approximate surface area is 208 Å². The topological polar surface area (TPSA) is 91.4 Å². The number of carbonyl (C=O) groups excluding carboxylic acids is 3. The maximum Gasteiger partial charge on any atom is 0.325 e. The van der Waals surface area contributed by atoms with Crippen LogP contribution in [0.2, 0.25) is 0 Å². The van der Waals surface area contributed by atoms with Crippen LogP contribution in [0.5, 0.6) is 0 Å². The van der Waals surface area contributed by atoms with Gasteiger partial charge >= 0.3 is 6.03 Å². The first-order valence-corrected chi connectivity index (χ1v) is 12.8. The monoisotopic (exact) mass is 490 g/mol. The minimum Gasteiger partial charge on any atom is -0.325 e. The van der Waals surface area contributed by atoms with Crippen LogP contribution in [0.15, 0.2) is 42.5 Å². The molecule has 1 spiro atoms. The van der Waals surface area contributed by atoms with Crippen molar-refractivity contribution in [1.82, 2.24) is 15.2 Å². The van der Waals surface area contributed by atoms with Gasteiger partial charge in [0.25, 0.3) is 5.91 Å². The molecule has 5 rings (SSSR count). The van der Waals surface area contributed by atoms with E-state index in [1.165, 1.54) is 5.56 Å². The number of aryl methyl sites for hydroxylation is 1. The highest BCUT2D eigenvalue weighted by molar-refractivity contribution is 7.21. The van der Waals surface area contributed by atoms with Crippen LogP contribution in [0.3, 0.4) is 0 Å². The second kappa shape index (κ2) is 8.45. The van der Waals surface area contributed by atoms with Gasteiger partial charge in [0, 0.05) is 11.3 Å². The quantitative estimate of drug-likeness (QED) is 0.483. The first-order valence-electron chi connectivity index (χ1n) is 12.0. The second-order valence-corrected chi connectivity index (χ2v) is 11.9. The molecule has 35 heavy (non-hydrogen) atoms. The van der Waals surface area contributed by atoms with Crippen molar-refractivity contribution >= 4 is 45.1 Å². The van der Waals surface area contributed by atoms with Gasteiger partial charge in [-0.1, -0.05) is 26.8 Å². The van der Waals surface area contributed by atoms with Crippen LogP contribution < -0.4 is 10.6 Å². The molecule has 2 N–H and O–H groups in total. The molecule has 2 aromatic carbocycles. The molecule has 0 bridgehead atoms. The highest BCUT2D eigenvalue weighted by Gasteiger charge is 2.56. The number of fused-ring (bicyclic) bond motifs is 1. The number of carbonyl (C=O) groups is 3. The van der Waals surface area contributed by atoms with E-state index >= 15 is 0 Å². The number of imide groups is 1. The number of hydrogen-bond donors (Lipinski definition) is 2. The van der Waals surface area contributed by atoms with Gasteiger partial charge in [-0.3, -0.25) is 14.5 Å². The van der Waals surface area contributed by atoms with Gasteiger partial charge in [-0.25, -0.2) is 9.78 Å². The summed E-state index contributed by atoms with van der Waals surface area (Å²) in [6.45, 7) is 8.11. The number of thiazole rings is 1. The summed E-state index contributed by atoms with van der Waals surface area (Å²) >= 11 is 1.63. The predicted molar refractivity (Wildman–Crippen MR) is 138 cm³/mol. The fraction of sp³-hybridized carbons (Fsp3) is 0.407. The first kappa shape index (κ1) is 23.5. The van der Waals surface area contributed by atoms with E-state index in [0.717, 1.165) is 32.1 Å². The summed E-state index contributed by atoms with van der Waals surface area (Å²) in [5.41, 5.74) is 2.77. The van der Waals surface area contributed by atoms with E-state index in [9.17, 15) is 14.4 Å². The van der Waals surface area contributed by atoms with E-state index in [2.05, 4.69) is 44.4 Å². The third-order valence-corrected chi connectivity index (χ3v) is 7.95. The van der Waals surface area contributed by atoms with Crippen LogP contribution >= 0.6 is 11.3 Å². The van der Waals surface area contributed by atoms with Crippen LogP contribution in [0.1, 0.15) is 45.6 Å². The van der Waals surface area contributed by atoms with Crippen molar-refractivity contribution in [2.45, 2.75) is 52.5 Å². The van der Waals surface area contributed by atoms with E-state index < -0.39 is 17.5 Å². The van der Waals surface area contributed by atoms with Crippen LogP contribution in [-0.4, -0.2) is 39.8 Å². The lowest BCUT2D eigenvalue weighted by Gasteiger charge is -2.43. The fourth-order valence-electron chi connectivity index (χ4n) is 5.85. The number of anilines is 1. The van der Waals surface area contributed by atoms with Crippen molar-refractivity contribution in [3.63, 3.8) is 0 Å². The van der Waals surface area contributed by atoms with Crippen LogP contribution in [-0.2, 0) is 9.59 Å². The lowest BCUT2D eigenvalue weighted by molar-refractivity contribution is -0.136. The number of nitrogens with one attached hydrogen (secondary N) is 2. The summed E-state index contributed by atoms with van der Waals surface area (Å²) in [6, 6.07) is 13.1. The summed E-state index contributed by atoms with van der Waals surface area (Å²) in [7, 11) is 0. The number of amides is 4. The maximum absolute atomic E-state index is 13.3. The van der Waals surface area contributed by atoms with Gasteiger partial charge in [0.1, 0.15) is 17.1 Å². The molecule has 1 aliphatic heterocycles. The van der Waals surface area contributed by atoms with Gasteiger partial charge in [0.2, 0.25) is 5.91 Å². The predicted octanol–water partition coefficient (Wildman–Crippen LogP) is 5.35. The Morgan fingerprint density at radius 3 is 2.63 bits per heavy atom. The minimum absolute atomic E-state index is 0.0529. The van der Waals surface area contributed by atoms with Gasteiger partial charge in [0.05, 0.1) is 10.2 Å². The zero-order valence-electron chi connectivity index (χ0n) is 20.5. The van der Waals surface area contributed by atoms with E-state index in [1.54, 1.807) is 11.3 Å². The molecule has 1 aromatic heterocycles. The van der Waals surface area contributed by atoms with Crippen molar-refractivity contribution in [2.75, 3.05) is 11.9 Å². The summed E-state index contributed by atoms with van der Waals surface area (Å²) in [6.07, 6.45) is 2.19. The highest BCUT2D eigenvalue weighted by Crippen LogP contribution is 2.46. The summed E-state index contributed by atoms with van der Waals surface area (Å²) < 4.78 is 1.14. The van der Waals surface area contributed by atoms with Crippen LogP contribution in [0, 0.1) is 18.3 Å². The largest absolute Gasteiger partial charge is 0.325 e. The Balaban J connectivity index is 1.25. The number of benzene rings is 2. The molecule has 1 saturated carbocycles. The molecule has 8 heteroatoms. The van der Waals surface area contributed by atoms with Gasteiger partial charge in [-0.05, 0) is 79.5 Å². The molecule has 2 fully saturated rings. The standard InChI is InChI=1S/C27H30N4O3S/c1-16-5-10-20-21(11-16)35-23(29-20)18-6-8-19(9-7-18)28-22(32)14-31-24(33)27(30-25(31)34)13-17(2)12-26(3,4)15-27/h5-11,17H,12-15H2,1-4H3,(H,28,32)(H,30,34)/t17-,27+/m1/s1. The molecule has 2 heterocycles. The van der Waals surface area contributed by atoms with Crippen molar-refractivity contribution in [1.29, 1.82) is 0 Å². The zero-order valence-corrected chi connectivity index (χ0v) is 21.3. The summed E-state index contributed by atoms with van der Waals surface area (Å²) in [4.78, 5) is 44.4. The maximum atomic E-state index is 13.3. The molecule has 7 nitrogen and oxygen atoms in total. The second-order valence-electron chi connectivity index (χ2n) is 10.9. The summed E-state index contributed by atoms with van der Waals surface area (Å²) in [5.74, 6) is -0.384. The SMILES string of the molecule is Cc1ccc2nc(-c3ccc(NC(=O)CN4C(=O)N[C@]5(C[C@H](C)CC(C)(C)C5)C4=O)cc3)sc2c1. The fourth-order valence-corrected chi connectivity index (χ4v) is 6.91. The molecular formula is C27H30N4O3S. The molecule has 1 aliphatic carbocycles. The van der Waals surface area contributed by atoms with Crippen LogP contribution in [0.25, 0.3) is 20.8 Å². The van der Waals surface area contributed by atoms with Crippen molar-refractivity contribution < 1.29 is 14.4 Å². The third-order valence-electron chi connectivity index (χ3n) is 6.89. The van der Waals surface area contributed by atoms with Crippen LogP contribution in [0.4, 0.5) is 10.5 Å². The number of aromatic nitrogens is 1. The Hall–Kier alpha value is -3.26. The molecule has 0 unspecified atom stereocenters. The first-order chi connectivity index (χ1) is 16.5. The highest BCUT2D eigenvalue weighted by atomic mass is 32.1. The smallest absolute Gasteiger partial charge is 0.325 e. The van der Waals surface area contributed by atoms with Gasteiger partial charge in [-0.2, -0.15) is 0 Å². The molecule has 2 aliphatic rings. The molecule has 0 radical (unpaired) electrons. The average molecular weight is 491 g/mol. The van der Waals surface area contributed by atoms with Gasteiger partial charge in [0.15, 0.2) is 0 Å². The Kier molecular flexibility index (Phi) is 5.67. The van der Waals surface area contributed by atoms with E-state index in [1.807, 2.05) is 36.4 Å². The van der Waals surface area contributed by atoms with E-state index in [4.69, 9.17) is 4.98 Å². The van der Waals surface area contributed by atoms with Crippen molar-refractivity contribution in [3.8, 4) is 10.6 Å². The lowest BCUT2D eigenvalue weighted by atomic mass is 9.64.